The zero-order valence-corrected chi connectivity index (χ0v) is 22.3. The lowest BCUT2D eigenvalue weighted by Gasteiger charge is -2.34. The van der Waals surface area contributed by atoms with Gasteiger partial charge < -0.3 is 15.0 Å². The summed E-state index contributed by atoms with van der Waals surface area (Å²) in [6.45, 7) is 4.53. The molecule has 2 bridgehead atoms. The van der Waals surface area contributed by atoms with Crippen molar-refractivity contribution in [3.05, 3.63) is 42.3 Å². The molecule has 3 aromatic rings. The summed E-state index contributed by atoms with van der Waals surface area (Å²) in [7, 11) is 0. The summed E-state index contributed by atoms with van der Waals surface area (Å²) in [6.07, 6.45) is 9.98. The Kier molecular flexibility index (Phi) is 6.59. The lowest BCUT2D eigenvalue weighted by atomic mass is 9.95. The fraction of sp³-hybridized carbons (Fsp3) is 0.567. The highest BCUT2D eigenvalue weighted by Gasteiger charge is 2.45. The number of alkyl halides is 1. The first-order chi connectivity index (χ1) is 19.1. The summed E-state index contributed by atoms with van der Waals surface area (Å²) < 4.78 is 33.4. The number of ether oxygens (including phenoxy) is 1. The van der Waals surface area contributed by atoms with Crippen LogP contribution in [0.3, 0.4) is 0 Å². The number of aromatic nitrogens is 3. The van der Waals surface area contributed by atoms with E-state index in [4.69, 9.17) is 9.72 Å². The maximum absolute atomic E-state index is 16.0. The molecule has 1 aromatic carbocycles. The Morgan fingerprint density at radius 2 is 1.69 bits per heavy atom. The van der Waals surface area contributed by atoms with Crippen molar-refractivity contribution in [2.75, 3.05) is 37.7 Å². The van der Waals surface area contributed by atoms with Crippen molar-refractivity contribution in [1.82, 2.24) is 25.2 Å². The van der Waals surface area contributed by atoms with Crippen molar-refractivity contribution in [3.63, 3.8) is 0 Å². The van der Waals surface area contributed by atoms with Gasteiger partial charge in [0.15, 0.2) is 5.82 Å². The van der Waals surface area contributed by atoms with E-state index in [-0.39, 0.29) is 18.5 Å². The van der Waals surface area contributed by atoms with Gasteiger partial charge >= 0.3 is 6.01 Å². The number of pyridine rings is 1. The monoisotopic (exact) mass is 536 g/mol. The molecular formula is C30H38F2N6O. The highest BCUT2D eigenvalue weighted by atomic mass is 19.1. The third-order valence-electron chi connectivity index (χ3n) is 8.99. The molecule has 2 atom stereocenters. The number of anilines is 1. The molecule has 9 heteroatoms. The normalized spacial score (nSPS) is 25.4. The van der Waals surface area contributed by atoms with Crippen LogP contribution < -0.4 is 15.0 Å². The standard InChI is InChI=1S/C27H31FN6O.C3H5F.H2/c28-22-23(18-6-2-1-3-7-18)29-14-21-24(22)31-26(35-17-27-10-4-12-34(27)13-5-11-27)32-25(21)33-15-19-8-9-20(16-33)30-19;4-3-1-2-3;/h1-3,6-7,14,19-20,30H,4-5,8-13,15-17H2;3H,1-2H2;1H. The van der Waals surface area contributed by atoms with Gasteiger partial charge in [-0.05, 0) is 64.5 Å². The third kappa shape index (κ3) is 4.95. The van der Waals surface area contributed by atoms with Crippen LogP contribution in [-0.2, 0) is 0 Å². The molecular weight excluding hydrogens is 498 g/mol. The van der Waals surface area contributed by atoms with E-state index < -0.39 is 12.0 Å². The minimum absolute atomic E-state index is 0. The van der Waals surface area contributed by atoms with Gasteiger partial charge in [0.1, 0.15) is 29.8 Å². The molecule has 0 radical (unpaired) electrons. The predicted molar refractivity (Wildman–Crippen MR) is 149 cm³/mol. The predicted octanol–water partition coefficient (Wildman–Crippen LogP) is 5.14. The Labute approximate surface area is 229 Å². The highest BCUT2D eigenvalue weighted by Crippen LogP contribution is 2.40. The van der Waals surface area contributed by atoms with Crippen molar-refractivity contribution in [2.45, 2.75) is 75.2 Å². The van der Waals surface area contributed by atoms with Crippen LogP contribution in [0.4, 0.5) is 14.6 Å². The van der Waals surface area contributed by atoms with Crippen molar-refractivity contribution >= 4 is 16.7 Å². The fourth-order valence-electron chi connectivity index (χ4n) is 6.82. The molecule has 4 saturated heterocycles. The molecule has 6 heterocycles. The number of nitrogens with one attached hydrogen (secondary N) is 1. The van der Waals surface area contributed by atoms with E-state index in [1.165, 1.54) is 12.8 Å². The fourth-order valence-corrected chi connectivity index (χ4v) is 6.82. The number of benzene rings is 1. The van der Waals surface area contributed by atoms with Crippen LogP contribution >= 0.6 is 0 Å². The topological polar surface area (TPSA) is 66.4 Å². The minimum atomic E-state index is -0.417. The molecule has 0 amide bonds. The minimum Gasteiger partial charge on any atom is -0.461 e. The van der Waals surface area contributed by atoms with Gasteiger partial charge in [0.25, 0.3) is 0 Å². The van der Waals surface area contributed by atoms with Crippen LogP contribution in [0, 0.1) is 5.82 Å². The van der Waals surface area contributed by atoms with E-state index in [2.05, 4.69) is 25.1 Å². The molecule has 1 saturated carbocycles. The second-order valence-corrected chi connectivity index (χ2v) is 11.8. The van der Waals surface area contributed by atoms with Crippen LogP contribution in [0.5, 0.6) is 6.01 Å². The van der Waals surface area contributed by atoms with Gasteiger partial charge in [-0.3, -0.25) is 9.88 Å². The summed E-state index contributed by atoms with van der Waals surface area (Å²) in [4.78, 5) is 18.9. The van der Waals surface area contributed by atoms with Crippen LogP contribution in [0.25, 0.3) is 22.2 Å². The van der Waals surface area contributed by atoms with Crippen molar-refractivity contribution in [2.24, 2.45) is 0 Å². The molecule has 2 aromatic heterocycles. The number of halogens is 2. The molecule has 1 N–H and O–H groups in total. The van der Waals surface area contributed by atoms with E-state index in [9.17, 15) is 4.39 Å². The van der Waals surface area contributed by atoms with E-state index in [1.54, 1.807) is 6.20 Å². The number of piperazine rings is 1. The van der Waals surface area contributed by atoms with Gasteiger partial charge in [-0.2, -0.15) is 9.97 Å². The SMILES string of the molecule is FC1CC1.Fc1c(-c2ccccc2)ncc2c(N3CC4CCC(C3)N4)nc(OCC34CCCN3CCC4)nc12.[HH]. The van der Waals surface area contributed by atoms with E-state index in [0.717, 1.165) is 76.1 Å². The first-order valence-corrected chi connectivity index (χ1v) is 14.5. The lowest BCUT2D eigenvalue weighted by molar-refractivity contribution is 0.108. The van der Waals surface area contributed by atoms with Crippen LogP contribution in [0.15, 0.2) is 36.5 Å². The average molecular weight is 537 g/mol. The summed E-state index contributed by atoms with van der Waals surface area (Å²) in [6, 6.07) is 10.6. The largest absolute Gasteiger partial charge is 0.461 e. The number of hydrogen-bond donors (Lipinski definition) is 1. The first-order valence-electron chi connectivity index (χ1n) is 14.5. The van der Waals surface area contributed by atoms with E-state index in [0.29, 0.717) is 29.8 Å². The zero-order chi connectivity index (χ0) is 26.4. The second kappa shape index (κ2) is 10.2. The van der Waals surface area contributed by atoms with Gasteiger partial charge in [-0.25, -0.2) is 8.78 Å². The van der Waals surface area contributed by atoms with Gasteiger partial charge in [0.05, 0.1) is 10.9 Å². The number of hydrogen-bond acceptors (Lipinski definition) is 7. The smallest absolute Gasteiger partial charge is 0.319 e. The summed E-state index contributed by atoms with van der Waals surface area (Å²) in [5.74, 6) is 0.323. The number of nitrogens with zero attached hydrogens (tertiary/aromatic N) is 5. The van der Waals surface area contributed by atoms with Gasteiger partial charge in [0.2, 0.25) is 0 Å². The van der Waals surface area contributed by atoms with E-state index in [1.807, 2.05) is 30.3 Å². The Balaban J connectivity index is 0.000000534. The molecule has 1 aliphatic carbocycles. The Hall–Kier alpha value is -2.91. The summed E-state index contributed by atoms with van der Waals surface area (Å²) in [5, 5.41) is 4.32. The molecule has 5 fully saturated rings. The molecule has 208 valence electrons. The molecule has 4 aliphatic heterocycles. The Morgan fingerprint density at radius 1 is 1.00 bits per heavy atom. The third-order valence-corrected chi connectivity index (χ3v) is 8.99. The van der Waals surface area contributed by atoms with E-state index >= 15 is 4.39 Å². The van der Waals surface area contributed by atoms with Crippen LogP contribution in [-0.4, -0.2) is 76.4 Å². The Bertz CT molecular complexity index is 1320. The highest BCUT2D eigenvalue weighted by molar-refractivity contribution is 5.92. The second-order valence-electron chi connectivity index (χ2n) is 11.8. The maximum Gasteiger partial charge on any atom is 0.319 e. The van der Waals surface area contributed by atoms with Crippen molar-refractivity contribution in [3.8, 4) is 17.3 Å². The van der Waals surface area contributed by atoms with Crippen molar-refractivity contribution < 1.29 is 14.9 Å². The molecule has 2 unspecified atom stereocenters. The number of fused-ring (bicyclic) bond motifs is 4. The zero-order valence-electron chi connectivity index (χ0n) is 22.3. The molecule has 39 heavy (non-hydrogen) atoms. The average Bonchev–Trinajstić information content (AvgIpc) is 3.32. The molecule has 7 nitrogen and oxygen atoms in total. The lowest BCUT2D eigenvalue weighted by Crippen LogP contribution is -2.51. The van der Waals surface area contributed by atoms with Crippen LogP contribution in [0.2, 0.25) is 0 Å². The maximum atomic E-state index is 16.0. The molecule has 0 spiro atoms. The number of rotatable bonds is 5. The Morgan fingerprint density at radius 3 is 2.36 bits per heavy atom. The summed E-state index contributed by atoms with van der Waals surface area (Å²) in [5.41, 5.74) is 1.42. The quantitative estimate of drug-likeness (QED) is 0.484. The van der Waals surface area contributed by atoms with Gasteiger partial charge in [0, 0.05) is 38.4 Å². The van der Waals surface area contributed by atoms with Gasteiger partial charge in [-0.15, -0.1) is 0 Å². The van der Waals surface area contributed by atoms with Gasteiger partial charge in [-0.1, -0.05) is 30.3 Å². The van der Waals surface area contributed by atoms with Crippen molar-refractivity contribution in [1.29, 1.82) is 0 Å². The van der Waals surface area contributed by atoms with Crippen LogP contribution in [0.1, 0.15) is 52.8 Å². The summed E-state index contributed by atoms with van der Waals surface area (Å²) >= 11 is 0. The molecule has 8 rings (SSSR count). The molecule has 5 aliphatic rings. The first kappa shape index (κ1) is 25.1.